The first-order chi connectivity index (χ1) is 19.8. The van der Waals surface area contributed by atoms with Crippen molar-refractivity contribution in [2.45, 2.75) is 54.5 Å². The van der Waals surface area contributed by atoms with Crippen LogP contribution in [-0.4, -0.2) is 36.7 Å². The molecule has 3 aliphatic heterocycles. The van der Waals surface area contributed by atoms with Gasteiger partial charge >= 0.3 is 0 Å². The summed E-state index contributed by atoms with van der Waals surface area (Å²) in [6.07, 6.45) is 2.46. The third-order valence-corrected chi connectivity index (χ3v) is 7.63. The maximum atomic E-state index is 12.6. The Balaban J connectivity index is 0.000000142. The number of benzene rings is 3. The largest absolute Gasteiger partial charge is 0.372 e. The van der Waals surface area contributed by atoms with Crippen LogP contribution in [0.2, 0.25) is 0 Å². The van der Waals surface area contributed by atoms with Crippen molar-refractivity contribution in [1.29, 1.82) is 0 Å². The quantitative estimate of drug-likeness (QED) is 0.217. The van der Waals surface area contributed by atoms with Crippen molar-refractivity contribution in [2.75, 3.05) is 19.8 Å². The zero-order valence-electron chi connectivity index (χ0n) is 22.3. The highest BCUT2D eigenvalue weighted by molar-refractivity contribution is 9.09. The van der Waals surface area contributed by atoms with Gasteiger partial charge in [0.15, 0.2) is 0 Å². The minimum absolute atomic E-state index is 0.0327. The molecule has 0 radical (unpaired) electrons. The average molecular weight is 628 g/mol. The van der Waals surface area contributed by atoms with Crippen LogP contribution in [0.3, 0.4) is 0 Å². The molecule has 3 aromatic rings. The predicted molar refractivity (Wildman–Crippen MR) is 153 cm³/mol. The number of halogens is 4. The number of nitrogens with zero attached hydrogens (tertiary/aromatic N) is 2. The minimum atomic E-state index is -0.242. The number of hydrogen-bond donors (Lipinski definition) is 0. The molecule has 0 aliphatic carbocycles. The average Bonchev–Trinajstić information content (AvgIpc) is 3.76. The molecule has 3 fully saturated rings. The van der Waals surface area contributed by atoms with Crippen molar-refractivity contribution >= 4 is 15.9 Å². The lowest BCUT2D eigenvalue weighted by atomic mass is 10.1. The smallest absolute Gasteiger partial charge is 0.249 e. The Kier molecular flexibility index (Phi) is 11.4. The summed E-state index contributed by atoms with van der Waals surface area (Å²) < 4.78 is 54.3. The van der Waals surface area contributed by atoms with Gasteiger partial charge in [-0.15, -0.1) is 0 Å². The molecule has 0 amide bonds. The molecule has 6 rings (SSSR count). The number of rotatable bonds is 3. The van der Waals surface area contributed by atoms with E-state index >= 15 is 0 Å². The summed E-state index contributed by atoms with van der Waals surface area (Å²) in [6.45, 7) is 15.5. The molecule has 0 saturated carbocycles. The van der Waals surface area contributed by atoms with E-state index in [4.69, 9.17) is 27.4 Å². The third-order valence-electron chi connectivity index (χ3n) is 6.99. The Labute approximate surface area is 247 Å². The predicted octanol–water partition coefficient (Wildman–Crippen LogP) is 8.20. The molecule has 6 atom stereocenters. The molecular formula is C32H30BrF3N2O3. The second-order valence-electron chi connectivity index (χ2n) is 9.99. The van der Waals surface area contributed by atoms with Gasteiger partial charge in [-0.2, -0.15) is 0 Å². The summed E-state index contributed by atoms with van der Waals surface area (Å²) >= 11 is 3.49. The summed E-state index contributed by atoms with van der Waals surface area (Å²) in [5.41, 5.74) is 2.97. The SMILES string of the molecule is Fc1ccc([C@H]2CC(Br)CO2)cc1.[C-]#[N+][C@@H]1CO[C@@H](c2ccc(F)cc2)C1.[C-]#[N+][C@H]1CO[C@@H](c2ccc(F)cc2)C1. The normalized spacial score (nSPS) is 26.6. The summed E-state index contributed by atoms with van der Waals surface area (Å²) in [4.78, 5) is 7.30. The van der Waals surface area contributed by atoms with Crippen molar-refractivity contribution in [3.63, 3.8) is 0 Å². The van der Waals surface area contributed by atoms with Crippen LogP contribution in [0, 0.1) is 30.6 Å². The van der Waals surface area contributed by atoms with E-state index < -0.39 is 0 Å². The highest BCUT2D eigenvalue weighted by Gasteiger charge is 2.31. The van der Waals surface area contributed by atoms with E-state index in [2.05, 4.69) is 25.6 Å². The molecule has 9 heteroatoms. The molecule has 3 saturated heterocycles. The molecule has 41 heavy (non-hydrogen) atoms. The van der Waals surface area contributed by atoms with Gasteiger partial charge in [0.25, 0.3) is 0 Å². The zero-order chi connectivity index (χ0) is 29.2. The number of hydrogen-bond acceptors (Lipinski definition) is 3. The van der Waals surface area contributed by atoms with Gasteiger partial charge in [-0.3, -0.25) is 0 Å². The van der Waals surface area contributed by atoms with Gasteiger partial charge in [0.05, 0.1) is 37.8 Å². The van der Waals surface area contributed by atoms with E-state index in [1.165, 1.54) is 36.4 Å². The van der Waals surface area contributed by atoms with E-state index in [1.54, 1.807) is 36.4 Å². The molecule has 0 spiro atoms. The second-order valence-corrected chi connectivity index (χ2v) is 11.3. The van der Waals surface area contributed by atoms with E-state index in [0.717, 1.165) is 42.6 Å². The molecule has 3 aliphatic rings. The Morgan fingerprint density at radius 3 is 1.12 bits per heavy atom. The van der Waals surface area contributed by atoms with Crippen molar-refractivity contribution in [2.24, 2.45) is 0 Å². The zero-order valence-corrected chi connectivity index (χ0v) is 23.9. The van der Waals surface area contributed by atoms with Gasteiger partial charge in [-0.25, -0.2) is 26.3 Å². The summed E-state index contributed by atoms with van der Waals surface area (Å²) in [5.74, 6) is -0.681. The van der Waals surface area contributed by atoms with E-state index in [-0.39, 0.29) is 47.8 Å². The first kappa shape index (κ1) is 30.7. The maximum absolute atomic E-state index is 12.6. The molecule has 1 unspecified atom stereocenters. The van der Waals surface area contributed by atoms with Crippen LogP contribution in [0.15, 0.2) is 72.8 Å². The van der Waals surface area contributed by atoms with Gasteiger partial charge in [-0.05, 0) is 59.5 Å². The maximum Gasteiger partial charge on any atom is 0.249 e. The van der Waals surface area contributed by atoms with E-state index in [9.17, 15) is 13.2 Å². The van der Waals surface area contributed by atoms with Crippen molar-refractivity contribution in [3.05, 3.63) is 130 Å². The van der Waals surface area contributed by atoms with Gasteiger partial charge in [0, 0.05) is 4.83 Å². The lowest BCUT2D eigenvalue weighted by molar-refractivity contribution is 0.111. The number of ether oxygens (including phenoxy) is 3. The van der Waals surface area contributed by atoms with Crippen molar-refractivity contribution < 1.29 is 27.4 Å². The van der Waals surface area contributed by atoms with Crippen LogP contribution < -0.4 is 0 Å². The molecule has 0 bridgehead atoms. The highest BCUT2D eigenvalue weighted by Crippen LogP contribution is 2.33. The summed E-state index contributed by atoms with van der Waals surface area (Å²) in [6, 6.07) is 19.0. The molecule has 214 valence electrons. The van der Waals surface area contributed by atoms with Gasteiger partial charge in [0.2, 0.25) is 12.1 Å². The van der Waals surface area contributed by atoms with Crippen LogP contribution in [-0.2, 0) is 14.2 Å². The van der Waals surface area contributed by atoms with Crippen LogP contribution in [0.4, 0.5) is 13.2 Å². The van der Waals surface area contributed by atoms with Crippen molar-refractivity contribution in [3.8, 4) is 0 Å². The molecular weight excluding hydrogens is 597 g/mol. The molecule has 5 nitrogen and oxygen atoms in total. The van der Waals surface area contributed by atoms with Gasteiger partial charge in [0.1, 0.15) is 30.7 Å². The van der Waals surface area contributed by atoms with Crippen LogP contribution in [0.5, 0.6) is 0 Å². The fourth-order valence-corrected chi connectivity index (χ4v) is 5.21. The minimum Gasteiger partial charge on any atom is -0.372 e. The van der Waals surface area contributed by atoms with Gasteiger partial charge in [-0.1, -0.05) is 52.3 Å². The second kappa shape index (κ2) is 15.1. The lowest BCUT2D eigenvalue weighted by Gasteiger charge is -2.08. The van der Waals surface area contributed by atoms with Crippen LogP contribution in [0.1, 0.15) is 54.3 Å². The third kappa shape index (κ3) is 9.14. The first-order valence-electron chi connectivity index (χ1n) is 13.3. The van der Waals surface area contributed by atoms with Crippen LogP contribution >= 0.6 is 15.9 Å². The topological polar surface area (TPSA) is 36.4 Å². The number of alkyl halides is 1. The Hall–Kier alpha value is -3.21. The van der Waals surface area contributed by atoms with Gasteiger partial charge < -0.3 is 23.9 Å². The fraction of sp³-hybridized carbons (Fsp3) is 0.375. The van der Waals surface area contributed by atoms with Crippen molar-refractivity contribution in [1.82, 2.24) is 0 Å². The van der Waals surface area contributed by atoms with E-state index in [0.29, 0.717) is 18.0 Å². The van der Waals surface area contributed by atoms with Crippen LogP contribution in [0.25, 0.3) is 9.69 Å². The standard InChI is InChI=1S/2C11H10FNO.C10H10BrFO/c2*1-13-10-6-11(14-7-10)8-2-4-9(12)5-3-8;11-8-5-10(13-6-8)7-1-3-9(12)4-2-7/h2*2-5,10-11H,6-7H2;1-4,8,10H,5-6H2/t10-,11+;10-,11-;8?,10-/m011/s1. The lowest BCUT2D eigenvalue weighted by Crippen LogP contribution is -1.98. The Morgan fingerprint density at radius 1 is 0.537 bits per heavy atom. The molecule has 0 aromatic heterocycles. The van der Waals surface area contributed by atoms with E-state index in [1.807, 2.05) is 0 Å². The highest BCUT2D eigenvalue weighted by atomic mass is 79.9. The molecule has 3 heterocycles. The fourth-order valence-electron chi connectivity index (χ4n) is 4.72. The Morgan fingerprint density at radius 2 is 0.854 bits per heavy atom. The molecule has 0 N–H and O–H groups in total. The summed E-state index contributed by atoms with van der Waals surface area (Å²) in [5, 5.41) is 0. The summed E-state index contributed by atoms with van der Waals surface area (Å²) in [7, 11) is 0. The molecule has 3 aromatic carbocycles. The monoisotopic (exact) mass is 626 g/mol. The first-order valence-corrected chi connectivity index (χ1v) is 14.2. The Bertz CT molecular complexity index is 1250.